The van der Waals surface area contributed by atoms with Crippen LogP contribution in [-0.4, -0.2) is 49.9 Å². The lowest BCUT2D eigenvalue weighted by Gasteiger charge is -2.33. The van der Waals surface area contributed by atoms with Gasteiger partial charge in [0.1, 0.15) is 0 Å². The molecule has 0 spiro atoms. The van der Waals surface area contributed by atoms with Crippen molar-refractivity contribution in [2.45, 2.75) is 19.9 Å². The summed E-state index contributed by atoms with van der Waals surface area (Å²) in [6.45, 7) is 4.15. The van der Waals surface area contributed by atoms with Crippen molar-refractivity contribution in [2.24, 2.45) is 0 Å². The minimum absolute atomic E-state index is 0.00460. The predicted octanol–water partition coefficient (Wildman–Crippen LogP) is 0.927. The van der Waals surface area contributed by atoms with Gasteiger partial charge in [-0.2, -0.15) is 0 Å². The van der Waals surface area contributed by atoms with E-state index in [0.29, 0.717) is 23.6 Å². The highest BCUT2D eigenvalue weighted by Gasteiger charge is 2.33. The number of rotatable bonds is 3. The van der Waals surface area contributed by atoms with Crippen LogP contribution >= 0.6 is 0 Å². The molecule has 2 rings (SSSR count). The molecule has 1 aromatic carbocycles. The van der Waals surface area contributed by atoms with Crippen LogP contribution < -0.4 is 10.5 Å². The van der Waals surface area contributed by atoms with E-state index in [4.69, 9.17) is 10.5 Å². The van der Waals surface area contributed by atoms with Crippen molar-refractivity contribution < 1.29 is 17.9 Å². The second-order valence-electron chi connectivity index (χ2n) is 5.12. The van der Waals surface area contributed by atoms with Crippen molar-refractivity contribution in [1.29, 1.82) is 0 Å². The number of sulfone groups is 1. The fourth-order valence-electron chi connectivity index (χ4n) is 2.48. The molecular formula is C14H20N2O4S. The fraction of sp³-hybridized carbons (Fsp3) is 0.500. The Labute approximate surface area is 124 Å². The van der Waals surface area contributed by atoms with E-state index in [1.807, 2.05) is 6.92 Å². The zero-order valence-electron chi connectivity index (χ0n) is 12.2. The summed E-state index contributed by atoms with van der Waals surface area (Å²) in [7, 11) is -3.06. The van der Waals surface area contributed by atoms with Crippen molar-refractivity contribution >= 4 is 21.4 Å². The first-order chi connectivity index (χ1) is 9.85. The molecule has 1 saturated heterocycles. The molecule has 0 saturated carbocycles. The van der Waals surface area contributed by atoms with E-state index >= 15 is 0 Å². The summed E-state index contributed by atoms with van der Waals surface area (Å²) >= 11 is 0. The third-order valence-electron chi connectivity index (χ3n) is 3.50. The van der Waals surface area contributed by atoms with Crippen LogP contribution in [0.25, 0.3) is 0 Å². The number of ether oxygens (including phenoxy) is 1. The maximum atomic E-state index is 12.7. The molecule has 1 aromatic rings. The van der Waals surface area contributed by atoms with E-state index in [2.05, 4.69) is 0 Å². The SMILES string of the molecule is CCOc1c(N)cccc1C(=O)N1CCS(=O)(=O)CC1C. The van der Waals surface area contributed by atoms with Gasteiger partial charge in [-0.05, 0) is 26.0 Å². The molecule has 2 N–H and O–H groups in total. The van der Waals surface area contributed by atoms with Crippen LogP contribution in [-0.2, 0) is 9.84 Å². The predicted molar refractivity (Wildman–Crippen MR) is 81.2 cm³/mol. The zero-order chi connectivity index (χ0) is 15.6. The Hall–Kier alpha value is -1.76. The molecule has 1 heterocycles. The number of nitrogen functional groups attached to an aromatic ring is 1. The quantitative estimate of drug-likeness (QED) is 0.839. The smallest absolute Gasteiger partial charge is 0.258 e. The molecule has 0 aromatic heterocycles. The maximum absolute atomic E-state index is 12.7. The highest BCUT2D eigenvalue weighted by molar-refractivity contribution is 7.91. The molecule has 1 aliphatic rings. The second-order valence-corrected chi connectivity index (χ2v) is 7.35. The number of carbonyl (C=O) groups is 1. The van der Waals surface area contributed by atoms with Crippen LogP contribution in [0.1, 0.15) is 24.2 Å². The third kappa shape index (κ3) is 3.29. The number of anilines is 1. The number of nitrogens with two attached hydrogens (primary N) is 1. The lowest BCUT2D eigenvalue weighted by molar-refractivity contribution is 0.0708. The number of hydrogen-bond donors (Lipinski definition) is 1. The molecule has 1 unspecified atom stereocenters. The van der Waals surface area contributed by atoms with Crippen molar-refractivity contribution in [2.75, 3.05) is 30.4 Å². The summed E-state index contributed by atoms with van der Waals surface area (Å²) in [6, 6.07) is 4.66. The molecule has 1 amide bonds. The van der Waals surface area contributed by atoms with E-state index in [-0.39, 0.29) is 30.0 Å². The third-order valence-corrected chi connectivity index (χ3v) is 5.29. The molecule has 0 bridgehead atoms. The van der Waals surface area contributed by atoms with Crippen LogP contribution in [0.15, 0.2) is 18.2 Å². The maximum Gasteiger partial charge on any atom is 0.258 e. The first kappa shape index (κ1) is 15.6. The molecule has 0 aliphatic carbocycles. The van der Waals surface area contributed by atoms with Gasteiger partial charge in [0.05, 0.1) is 29.4 Å². The molecule has 1 aliphatic heterocycles. The number of amides is 1. The number of carbonyl (C=O) groups excluding carboxylic acids is 1. The highest BCUT2D eigenvalue weighted by Crippen LogP contribution is 2.28. The van der Waals surface area contributed by atoms with Gasteiger partial charge >= 0.3 is 0 Å². The van der Waals surface area contributed by atoms with E-state index in [9.17, 15) is 13.2 Å². The van der Waals surface area contributed by atoms with Crippen molar-refractivity contribution in [3.63, 3.8) is 0 Å². The highest BCUT2D eigenvalue weighted by atomic mass is 32.2. The van der Waals surface area contributed by atoms with Gasteiger partial charge in [-0.15, -0.1) is 0 Å². The zero-order valence-corrected chi connectivity index (χ0v) is 13.0. The van der Waals surface area contributed by atoms with E-state index in [1.165, 1.54) is 0 Å². The Bertz CT molecular complexity index is 642. The van der Waals surface area contributed by atoms with E-state index < -0.39 is 9.84 Å². The van der Waals surface area contributed by atoms with Gasteiger partial charge in [0.2, 0.25) is 0 Å². The second kappa shape index (κ2) is 5.93. The molecule has 116 valence electrons. The number of para-hydroxylation sites is 1. The van der Waals surface area contributed by atoms with Crippen molar-refractivity contribution in [1.82, 2.24) is 4.90 Å². The van der Waals surface area contributed by atoms with Gasteiger partial charge < -0.3 is 15.4 Å². The summed E-state index contributed by atoms with van der Waals surface area (Å²) in [5, 5.41) is 0. The fourth-order valence-corrected chi connectivity index (χ4v) is 4.04. The molecule has 7 heteroatoms. The Morgan fingerprint density at radius 1 is 1.48 bits per heavy atom. The number of hydrogen-bond acceptors (Lipinski definition) is 5. The normalized spacial score (nSPS) is 21.0. The molecule has 21 heavy (non-hydrogen) atoms. The van der Waals surface area contributed by atoms with Crippen LogP contribution in [0.2, 0.25) is 0 Å². The Morgan fingerprint density at radius 3 is 2.81 bits per heavy atom. The number of nitrogens with zero attached hydrogens (tertiary/aromatic N) is 1. The van der Waals surface area contributed by atoms with Crippen LogP contribution in [0.5, 0.6) is 5.75 Å². The minimum Gasteiger partial charge on any atom is -0.491 e. The summed E-state index contributed by atoms with van der Waals surface area (Å²) in [5.41, 5.74) is 6.64. The average molecular weight is 312 g/mol. The lowest BCUT2D eigenvalue weighted by Crippen LogP contribution is -2.49. The Morgan fingerprint density at radius 2 is 2.19 bits per heavy atom. The first-order valence-electron chi connectivity index (χ1n) is 6.88. The Balaban J connectivity index is 2.31. The van der Waals surface area contributed by atoms with Gasteiger partial charge in [-0.25, -0.2) is 8.42 Å². The number of benzene rings is 1. The van der Waals surface area contributed by atoms with Gasteiger partial charge in [-0.3, -0.25) is 4.79 Å². The van der Waals surface area contributed by atoms with E-state index in [0.717, 1.165) is 0 Å². The summed E-state index contributed by atoms with van der Waals surface area (Å²) in [5.74, 6) is 0.110. The standard InChI is InChI=1S/C14H20N2O4S/c1-3-20-13-11(5-4-6-12(13)15)14(17)16-7-8-21(18,19)9-10(16)2/h4-6,10H,3,7-9,15H2,1-2H3. The lowest BCUT2D eigenvalue weighted by atomic mass is 10.1. The van der Waals surface area contributed by atoms with Gasteiger partial charge in [0.15, 0.2) is 15.6 Å². The van der Waals surface area contributed by atoms with Gasteiger partial charge in [0.25, 0.3) is 5.91 Å². The van der Waals surface area contributed by atoms with Crippen molar-refractivity contribution in [3.8, 4) is 5.75 Å². The first-order valence-corrected chi connectivity index (χ1v) is 8.70. The molecule has 6 nitrogen and oxygen atoms in total. The summed E-state index contributed by atoms with van der Waals surface area (Å²) in [4.78, 5) is 14.2. The molecule has 0 radical (unpaired) electrons. The van der Waals surface area contributed by atoms with Gasteiger partial charge in [-0.1, -0.05) is 6.07 Å². The topological polar surface area (TPSA) is 89.7 Å². The van der Waals surface area contributed by atoms with E-state index in [1.54, 1.807) is 30.0 Å². The van der Waals surface area contributed by atoms with Gasteiger partial charge in [0, 0.05) is 12.6 Å². The van der Waals surface area contributed by atoms with Crippen LogP contribution in [0, 0.1) is 0 Å². The largest absolute Gasteiger partial charge is 0.491 e. The summed E-state index contributed by atoms with van der Waals surface area (Å²) in [6.07, 6.45) is 0. The molecular weight excluding hydrogens is 292 g/mol. The average Bonchev–Trinajstić information content (AvgIpc) is 2.39. The monoisotopic (exact) mass is 312 g/mol. The molecule has 1 atom stereocenters. The molecule has 1 fully saturated rings. The minimum atomic E-state index is -3.06. The van der Waals surface area contributed by atoms with Crippen molar-refractivity contribution in [3.05, 3.63) is 23.8 Å². The van der Waals surface area contributed by atoms with Crippen LogP contribution in [0.3, 0.4) is 0 Å². The Kier molecular flexibility index (Phi) is 4.41. The summed E-state index contributed by atoms with van der Waals surface area (Å²) < 4.78 is 28.7. The van der Waals surface area contributed by atoms with Crippen LogP contribution in [0.4, 0.5) is 5.69 Å².